The number of nitrogen functional groups attached to an aromatic ring is 1. The Kier molecular flexibility index (Phi) is 3.48. The van der Waals surface area contributed by atoms with Gasteiger partial charge in [-0.25, -0.2) is 9.78 Å². The van der Waals surface area contributed by atoms with Gasteiger partial charge in [-0.2, -0.15) is 0 Å². The van der Waals surface area contributed by atoms with Crippen molar-refractivity contribution in [3.05, 3.63) is 53.6 Å². The highest BCUT2D eigenvalue weighted by Gasteiger charge is 2.11. The highest BCUT2D eigenvalue weighted by atomic mass is 32.1. The molecular weight excluding hydrogens is 302 g/mol. The van der Waals surface area contributed by atoms with Crippen LogP contribution in [0, 0.1) is 0 Å². The molecule has 0 atom stereocenters. The van der Waals surface area contributed by atoms with Crippen molar-refractivity contribution in [1.82, 2.24) is 4.98 Å². The molecule has 4 N–H and O–H groups in total. The van der Waals surface area contributed by atoms with Gasteiger partial charge in [-0.05, 0) is 42.5 Å². The Balaban J connectivity index is 1.86. The van der Waals surface area contributed by atoms with Gasteiger partial charge in [0.15, 0.2) is 5.13 Å². The number of benzene rings is 2. The van der Waals surface area contributed by atoms with Crippen molar-refractivity contribution in [2.24, 2.45) is 0 Å². The second-order valence-corrected chi connectivity index (χ2v) is 5.61. The average Bonchev–Trinajstić information content (AvgIpc) is 2.88. The number of carboxylic acid groups (broad SMARTS) is 1. The predicted molar refractivity (Wildman–Crippen MR) is 85.4 cm³/mol. The number of nitrogens with one attached hydrogen (secondary N) is 1. The monoisotopic (exact) mass is 313 g/mol. The molecule has 0 bridgehead atoms. The van der Waals surface area contributed by atoms with Crippen LogP contribution in [0.4, 0.5) is 10.8 Å². The van der Waals surface area contributed by atoms with E-state index in [1.807, 2.05) is 0 Å². The van der Waals surface area contributed by atoms with Crippen LogP contribution in [0.5, 0.6) is 0 Å². The van der Waals surface area contributed by atoms with E-state index in [1.165, 1.54) is 23.5 Å². The van der Waals surface area contributed by atoms with Crippen molar-refractivity contribution in [2.75, 3.05) is 11.1 Å². The molecule has 1 heterocycles. The SMILES string of the molecule is Nc1ccc(C(=O)Nc2nc3ccc(C(=O)O)cc3s2)cc1. The van der Waals surface area contributed by atoms with Crippen LogP contribution in [0.25, 0.3) is 10.2 Å². The second-order valence-electron chi connectivity index (χ2n) is 4.58. The van der Waals surface area contributed by atoms with E-state index in [9.17, 15) is 9.59 Å². The zero-order valence-electron chi connectivity index (χ0n) is 11.2. The topological polar surface area (TPSA) is 105 Å². The number of carboxylic acids is 1. The molecular formula is C15H11N3O3S. The standard InChI is InChI=1S/C15H11N3O3S/c16-10-4-1-8(2-5-10)13(19)18-15-17-11-6-3-9(14(20)21)7-12(11)22-15/h1-7H,16H2,(H,20,21)(H,17,18,19). The van der Waals surface area contributed by atoms with Gasteiger partial charge >= 0.3 is 5.97 Å². The summed E-state index contributed by atoms with van der Waals surface area (Å²) in [4.78, 5) is 27.3. The molecule has 1 amide bonds. The molecule has 1 aromatic heterocycles. The molecule has 0 saturated carbocycles. The second kappa shape index (κ2) is 5.45. The Morgan fingerprint density at radius 2 is 1.77 bits per heavy atom. The maximum absolute atomic E-state index is 12.1. The number of amides is 1. The Morgan fingerprint density at radius 1 is 1.09 bits per heavy atom. The number of anilines is 2. The quantitative estimate of drug-likeness (QED) is 0.645. The van der Waals surface area contributed by atoms with Crippen molar-refractivity contribution in [2.45, 2.75) is 0 Å². The van der Waals surface area contributed by atoms with E-state index in [2.05, 4.69) is 10.3 Å². The smallest absolute Gasteiger partial charge is 0.335 e. The molecule has 0 aliphatic heterocycles. The first-order valence-electron chi connectivity index (χ1n) is 6.34. The molecule has 2 aromatic carbocycles. The molecule has 6 nitrogen and oxygen atoms in total. The molecule has 0 unspecified atom stereocenters. The Hall–Kier alpha value is -2.93. The maximum Gasteiger partial charge on any atom is 0.335 e. The number of thiazole rings is 1. The van der Waals surface area contributed by atoms with Crippen molar-refractivity contribution < 1.29 is 14.7 Å². The molecule has 0 spiro atoms. The van der Waals surface area contributed by atoms with Gasteiger partial charge in [-0.1, -0.05) is 11.3 Å². The van der Waals surface area contributed by atoms with Gasteiger partial charge < -0.3 is 10.8 Å². The number of fused-ring (bicyclic) bond motifs is 1. The first-order chi connectivity index (χ1) is 10.5. The molecule has 3 rings (SSSR count). The highest BCUT2D eigenvalue weighted by molar-refractivity contribution is 7.22. The minimum Gasteiger partial charge on any atom is -0.478 e. The molecule has 7 heteroatoms. The zero-order valence-corrected chi connectivity index (χ0v) is 12.1. The van der Waals surface area contributed by atoms with Crippen molar-refractivity contribution in [1.29, 1.82) is 0 Å². The van der Waals surface area contributed by atoms with Crippen LogP contribution < -0.4 is 11.1 Å². The Bertz CT molecular complexity index is 871. The summed E-state index contributed by atoms with van der Waals surface area (Å²) in [5.41, 5.74) is 7.46. The summed E-state index contributed by atoms with van der Waals surface area (Å²) in [6, 6.07) is 11.2. The number of nitrogens with zero attached hydrogens (tertiary/aromatic N) is 1. The van der Waals surface area contributed by atoms with E-state index in [-0.39, 0.29) is 11.5 Å². The third-order valence-corrected chi connectivity index (χ3v) is 3.96. The van der Waals surface area contributed by atoms with Crippen LogP contribution >= 0.6 is 11.3 Å². The number of rotatable bonds is 3. The zero-order chi connectivity index (χ0) is 15.7. The Morgan fingerprint density at radius 3 is 2.45 bits per heavy atom. The lowest BCUT2D eigenvalue weighted by Gasteiger charge is -2.01. The third-order valence-electron chi connectivity index (χ3n) is 3.03. The summed E-state index contributed by atoms with van der Waals surface area (Å²) in [7, 11) is 0. The lowest BCUT2D eigenvalue weighted by atomic mass is 10.2. The third kappa shape index (κ3) is 2.75. The van der Waals surface area contributed by atoms with Crippen LogP contribution in [0.1, 0.15) is 20.7 Å². The number of carbonyl (C=O) groups excluding carboxylic acids is 1. The van der Waals surface area contributed by atoms with E-state index in [0.717, 1.165) is 0 Å². The largest absolute Gasteiger partial charge is 0.478 e. The molecule has 3 aromatic rings. The molecule has 0 aliphatic rings. The minimum absolute atomic E-state index is 0.188. The fourth-order valence-electron chi connectivity index (χ4n) is 1.91. The highest BCUT2D eigenvalue weighted by Crippen LogP contribution is 2.27. The van der Waals surface area contributed by atoms with Gasteiger partial charge in [0, 0.05) is 11.3 Å². The number of nitrogens with two attached hydrogens (primary N) is 1. The van der Waals surface area contributed by atoms with Crippen LogP contribution in [0.2, 0.25) is 0 Å². The molecule has 22 heavy (non-hydrogen) atoms. The number of aromatic nitrogens is 1. The average molecular weight is 313 g/mol. The summed E-state index contributed by atoms with van der Waals surface area (Å²) in [6.07, 6.45) is 0. The van der Waals surface area contributed by atoms with Crippen molar-refractivity contribution in [3.63, 3.8) is 0 Å². The van der Waals surface area contributed by atoms with Gasteiger partial charge in [-0.3, -0.25) is 10.1 Å². The minimum atomic E-state index is -0.997. The summed E-state index contributed by atoms with van der Waals surface area (Å²) in [5, 5.41) is 12.1. The normalized spacial score (nSPS) is 10.5. The summed E-state index contributed by atoms with van der Waals surface area (Å²) >= 11 is 1.22. The lowest BCUT2D eigenvalue weighted by Crippen LogP contribution is -2.11. The number of aromatic carboxylic acids is 1. The molecule has 0 saturated heterocycles. The summed E-state index contributed by atoms with van der Waals surface area (Å²) in [6.45, 7) is 0. The van der Waals surface area contributed by atoms with E-state index in [1.54, 1.807) is 30.3 Å². The van der Waals surface area contributed by atoms with E-state index >= 15 is 0 Å². The van der Waals surface area contributed by atoms with Crippen LogP contribution in [0.3, 0.4) is 0 Å². The van der Waals surface area contributed by atoms with Gasteiger partial charge in [0.05, 0.1) is 15.8 Å². The fraction of sp³-hybridized carbons (Fsp3) is 0. The number of hydrogen-bond acceptors (Lipinski definition) is 5. The fourth-order valence-corrected chi connectivity index (χ4v) is 2.82. The summed E-state index contributed by atoms with van der Waals surface area (Å²) in [5.74, 6) is -1.29. The van der Waals surface area contributed by atoms with Gasteiger partial charge in [0.25, 0.3) is 5.91 Å². The van der Waals surface area contributed by atoms with Crippen LogP contribution in [-0.4, -0.2) is 22.0 Å². The van der Waals surface area contributed by atoms with Crippen LogP contribution in [0.15, 0.2) is 42.5 Å². The van der Waals surface area contributed by atoms with E-state index < -0.39 is 5.97 Å². The predicted octanol–water partition coefficient (Wildman–Crippen LogP) is 2.83. The summed E-state index contributed by atoms with van der Waals surface area (Å²) < 4.78 is 0.701. The number of hydrogen-bond donors (Lipinski definition) is 3. The van der Waals surface area contributed by atoms with Gasteiger partial charge in [-0.15, -0.1) is 0 Å². The van der Waals surface area contributed by atoms with Gasteiger partial charge in [0.1, 0.15) is 0 Å². The van der Waals surface area contributed by atoms with E-state index in [4.69, 9.17) is 10.8 Å². The maximum atomic E-state index is 12.1. The molecule has 0 radical (unpaired) electrons. The Labute approximate surface area is 129 Å². The lowest BCUT2D eigenvalue weighted by molar-refractivity contribution is 0.0697. The molecule has 0 aliphatic carbocycles. The van der Waals surface area contributed by atoms with E-state index in [0.29, 0.717) is 26.6 Å². The first-order valence-corrected chi connectivity index (χ1v) is 7.15. The number of carbonyl (C=O) groups is 2. The van der Waals surface area contributed by atoms with Gasteiger partial charge in [0.2, 0.25) is 0 Å². The molecule has 110 valence electrons. The molecule has 0 fully saturated rings. The van der Waals surface area contributed by atoms with Crippen molar-refractivity contribution in [3.8, 4) is 0 Å². The van der Waals surface area contributed by atoms with Crippen LogP contribution in [-0.2, 0) is 0 Å². The first kappa shape index (κ1) is 14.0. The van der Waals surface area contributed by atoms with Crippen molar-refractivity contribution >= 4 is 44.2 Å².